The molecule has 0 amide bonds. The van der Waals surface area contributed by atoms with Gasteiger partial charge in [0.1, 0.15) is 12.2 Å². The van der Waals surface area contributed by atoms with E-state index in [2.05, 4.69) is 4.18 Å². The van der Waals surface area contributed by atoms with Crippen LogP contribution in [0.15, 0.2) is 12.3 Å². The van der Waals surface area contributed by atoms with Gasteiger partial charge in [0.2, 0.25) is 0 Å². The van der Waals surface area contributed by atoms with Crippen LogP contribution in [-0.4, -0.2) is 38.8 Å². The predicted molar refractivity (Wildman–Crippen MR) is 43.6 cm³/mol. The highest BCUT2D eigenvalue weighted by Crippen LogP contribution is 2.31. The van der Waals surface area contributed by atoms with Crippen molar-refractivity contribution in [3.63, 3.8) is 0 Å². The van der Waals surface area contributed by atoms with Gasteiger partial charge in [0, 0.05) is 0 Å². The first-order valence-corrected chi connectivity index (χ1v) is 5.65. The van der Waals surface area contributed by atoms with Crippen LogP contribution in [0.25, 0.3) is 0 Å². The minimum Gasteiger partial charge on any atom is -0.492 e. The van der Waals surface area contributed by atoms with Crippen molar-refractivity contribution < 1.29 is 35.2 Å². The number of ether oxygens (including phenoxy) is 2. The molecule has 9 heteroatoms. The molecule has 2 rings (SSSR count). The first-order chi connectivity index (χ1) is 7.31. The van der Waals surface area contributed by atoms with Gasteiger partial charge in [-0.25, -0.2) is 0 Å². The molecular weight excluding hydrogens is 253 g/mol. The monoisotopic (exact) mass is 260 g/mol. The summed E-state index contributed by atoms with van der Waals surface area (Å²) in [5.41, 5.74) is -5.43. The third-order valence-corrected chi connectivity index (χ3v) is 3.25. The zero-order valence-electron chi connectivity index (χ0n) is 7.68. The lowest BCUT2D eigenvalue weighted by molar-refractivity contribution is -0.0608. The fourth-order valence-corrected chi connectivity index (χ4v) is 2.05. The standard InChI is InChI=1S/C7H7F3O5S/c8-7(9,10)16(11,12)15-5-3-14-4-1-2-13-6(4)5/h1-2,4-6H,3H2/t4-,5-,6+/m0/s1. The van der Waals surface area contributed by atoms with Gasteiger partial charge in [0.05, 0.1) is 12.9 Å². The lowest BCUT2D eigenvalue weighted by Gasteiger charge is -2.17. The summed E-state index contributed by atoms with van der Waals surface area (Å²) >= 11 is 0. The van der Waals surface area contributed by atoms with Crippen molar-refractivity contribution in [1.82, 2.24) is 0 Å². The maximum Gasteiger partial charge on any atom is 0.523 e. The van der Waals surface area contributed by atoms with Gasteiger partial charge in [-0.2, -0.15) is 21.6 Å². The molecule has 0 aliphatic carbocycles. The molecule has 0 spiro atoms. The van der Waals surface area contributed by atoms with Gasteiger partial charge < -0.3 is 9.47 Å². The van der Waals surface area contributed by atoms with Gasteiger partial charge in [-0.15, -0.1) is 0 Å². The molecule has 92 valence electrons. The molecule has 0 aromatic carbocycles. The third-order valence-electron chi connectivity index (χ3n) is 2.18. The lowest BCUT2D eigenvalue weighted by Crippen LogP contribution is -2.36. The molecule has 2 aliphatic rings. The summed E-state index contributed by atoms with van der Waals surface area (Å²) in [6, 6.07) is 0. The number of halogens is 3. The lowest BCUT2D eigenvalue weighted by atomic mass is 10.2. The Morgan fingerprint density at radius 1 is 1.38 bits per heavy atom. The Kier molecular flexibility index (Phi) is 2.63. The minimum atomic E-state index is -5.61. The molecule has 0 saturated carbocycles. The fraction of sp³-hybridized carbons (Fsp3) is 0.714. The molecule has 0 radical (unpaired) electrons. The van der Waals surface area contributed by atoms with Crippen molar-refractivity contribution >= 4 is 10.1 Å². The van der Waals surface area contributed by atoms with Gasteiger partial charge in [0.25, 0.3) is 0 Å². The molecule has 3 atom stereocenters. The van der Waals surface area contributed by atoms with E-state index in [4.69, 9.17) is 9.47 Å². The smallest absolute Gasteiger partial charge is 0.492 e. The first-order valence-electron chi connectivity index (χ1n) is 4.24. The van der Waals surface area contributed by atoms with E-state index in [0.29, 0.717) is 0 Å². The molecule has 0 aromatic heterocycles. The number of rotatable bonds is 2. The summed E-state index contributed by atoms with van der Waals surface area (Å²) in [5, 5.41) is 0. The van der Waals surface area contributed by atoms with Crippen molar-refractivity contribution in [3.05, 3.63) is 12.3 Å². The highest BCUT2D eigenvalue weighted by molar-refractivity contribution is 7.87. The molecule has 5 nitrogen and oxygen atoms in total. The average Bonchev–Trinajstić information content (AvgIpc) is 2.67. The van der Waals surface area contributed by atoms with Gasteiger partial charge in [-0.3, -0.25) is 4.18 Å². The quantitative estimate of drug-likeness (QED) is 0.535. The summed E-state index contributed by atoms with van der Waals surface area (Å²) in [4.78, 5) is 0. The Morgan fingerprint density at radius 3 is 2.69 bits per heavy atom. The number of alkyl halides is 3. The summed E-state index contributed by atoms with van der Waals surface area (Å²) in [5.74, 6) is 0. The van der Waals surface area contributed by atoms with Crippen molar-refractivity contribution in [2.75, 3.05) is 6.61 Å². The molecule has 2 aliphatic heterocycles. The molecule has 16 heavy (non-hydrogen) atoms. The molecule has 0 aromatic rings. The van der Waals surface area contributed by atoms with Crippen LogP contribution in [0, 0.1) is 0 Å². The normalized spacial score (nSPS) is 33.8. The second kappa shape index (κ2) is 3.60. The zero-order chi connectivity index (χ0) is 12.0. The second-order valence-corrected chi connectivity index (χ2v) is 4.83. The number of hydrogen-bond acceptors (Lipinski definition) is 5. The van der Waals surface area contributed by atoms with Crippen LogP contribution in [0.3, 0.4) is 0 Å². The Balaban J connectivity index is 2.07. The van der Waals surface area contributed by atoms with Crippen LogP contribution < -0.4 is 0 Å². The second-order valence-electron chi connectivity index (χ2n) is 3.26. The minimum absolute atomic E-state index is 0.255. The summed E-state index contributed by atoms with van der Waals surface area (Å²) in [6.07, 6.45) is 0.0661. The molecule has 0 N–H and O–H groups in total. The topological polar surface area (TPSA) is 61.8 Å². The van der Waals surface area contributed by atoms with E-state index in [9.17, 15) is 21.6 Å². The Hall–Kier alpha value is -0.800. The molecule has 1 fully saturated rings. The van der Waals surface area contributed by atoms with Gasteiger partial charge >= 0.3 is 15.6 Å². The Labute approximate surface area is 88.9 Å². The van der Waals surface area contributed by atoms with Crippen LogP contribution in [0.5, 0.6) is 0 Å². The molecular formula is C7H7F3O5S. The predicted octanol–water partition coefficient (Wildman–Crippen LogP) is 0.532. The van der Waals surface area contributed by atoms with Crippen LogP contribution in [0.1, 0.15) is 0 Å². The Bertz CT molecular complexity index is 401. The third kappa shape index (κ3) is 1.89. The summed E-state index contributed by atoms with van der Waals surface area (Å²) in [6.45, 7) is -0.255. The van der Waals surface area contributed by atoms with E-state index in [1.54, 1.807) is 0 Å². The zero-order valence-corrected chi connectivity index (χ0v) is 8.49. The number of hydrogen-bond donors (Lipinski definition) is 0. The SMILES string of the molecule is O=S(=O)(O[C@H]1CO[C@H]2C=CO[C@H]21)C(F)(F)F. The molecule has 1 saturated heterocycles. The van der Waals surface area contributed by atoms with Crippen molar-refractivity contribution in [3.8, 4) is 0 Å². The van der Waals surface area contributed by atoms with Gasteiger partial charge in [0.15, 0.2) is 6.10 Å². The first kappa shape index (κ1) is 11.7. The van der Waals surface area contributed by atoms with E-state index in [0.717, 1.165) is 0 Å². The van der Waals surface area contributed by atoms with Crippen molar-refractivity contribution in [1.29, 1.82) is 0 Å². The summed E-state index contributed by atoms with van der Waals surface area (Å²) < 4.78 is 71.4. The van der Waals surface area contributed by atoms with E-state index in [1.807, 2.05) is 0 Å². The highest BCUT2D eigenvalue weighted by Gasteiger charge is 2.52. The molecule has 0 bridgehead atoms. The van der Waals surface area contributed by atoms with E-state index < -0.39 is 33.9 Å². The van der Waals surface area contributed by atoms with Crippen LogP contribution in [0.4, 0.5) is 13.2 Å². The maximum absolute atomic E-state index is 12.0. The fourth-order valence-electron chi connectivity index (χ4n) is 1.45. The van der Waals surface area contributed by atoms with Gasteiger partial charge in [-0.05, 0) is 6.08 Å². The van der Waals surface area contributed by atoms with Crippen LogP contribution in [0.2, 0.25) is 0 Å². The van der Waals surface area contributed by atoms with Crippen molar-refractivity contribution in [2.24, 2.45) is 0 Å². The van der Waals surface area contributed by atoms with Gasteiger partial charge in [-0.1, -0.05) is 0 Å². The molecule has 0 unspecified atom stereocenters. The molecule has 2 heterocycles. The summed E-state index contributed by atoms with van der Waals surface area (Å²) in [7, 11) is -5.61. The highest BCUT2D eigenvalue weighted by atomic mass is 32.2. The Morgan fingerprint density at radius 2 is 2.06 bits per heavy atom. The largest absolute Gasteiger partial charge is 0.523 e. The maximum atomic E-state index is 12.0. The van der Waals surface area contributed by atoms with E-state index in [-0.39, 0.29) is 6.61 Å². The number of fused-ring (bicyclic) bond motifs is 1. The van der Waals surface area contributed by atoms with E-state index in [1.165, 1.54) is 12.3 Å². The average molecular weight is 260 g/mol. The van der Waals surface area contributed by atoms with Crippen molar-refractivity contribution in [2.45, 2.75) is 23.8 Å². The van der Waals surface area contributed by atoms with Crippen LogP contribution >= 0.6 is 0 Å². The van der Waals surface area contributed by atoms with Crippen LogP contribution in [-0.2, 0) is 23.8 Å². The van der Waals surface area contributed by atoms with E-state index >= 15 is 0 Å².